The molecule has 1 N–H and O–H groups in total. The van der Waals surface area contributed by atoms with Crippen molar-refractivity contribution in [3.63, 3.8) is 0 Å². The van der Waals surface area contributed by atoms with E-state index in [-0.39, 0.29) is 11.4 Å². The molecule has 1 aliphatic heterocycles. The van der Waals surface area contributed by atoms with Gasteiger partial charge in [-0.2, -0.15) is 0 Å². The lowest BCUT2D eigenvalue weighted by atomic mass is 10.1. The lowest BCUT2D eigenvalue weighted by Crippen LogP contribution is -2.30. The number of rotatable bonds is 9. The summed E-state index contributed by atoms with van der Waals surface area (Å²) in [7, 11) is -2.97. The van der Waals surface area contributed by atoms with Crippen LogP contribution in [0.5, 0.6) is 0 Å². The molecule has 0 radical (unpaired) electrons. The quantitative estimate of drug-likeness (QED) is 0.661. The molecule has 0 aromatic rings. The highest BCUT2D eigenvalue weighted by molar-refractivity contribution is 7.92. The molecule has 1 aliphatic rings. The van der Waals surface area contributed by atoms with Crippen molar-refractivity contribution in [2.45, 2.75) is 70.3 Å². The predicted molar refractivity (Wildman–Crippen MR) is 79.2 cm³/mol. The van der Waals surface area contributed by atoms with Crippen molar-refractivity contribution in [3.05, 3.63) is 0 Å². The molecule has 0 aromatic carbocycles. The molecule has 0 saturated carbocycles. The van der Waals surface area contributed by atoms with Crippen LogP contribution in [0, 0.1) is 0 Å². The third-order valence-electron chi connectivity index (χ3n) is 3.83. The highest BCUT2D eigenvalue weighted by atomic mass is 32.2. The summed E-state index contributed by atoms with van der Waals surface area (Å²) in [4.78, 5) is 0. The van der Waals surface area contributed by atoms with E-state index < -0.39 is 9.84 Å². The zero-order valence-corrected chi connectivity index (χ0v) is 13.3. The molecule has 0 spiro atoms. The molecule has 0 aromatic heterocycles. The van der Waals surface area contributed by atoms with Gasteiger partial charge in [0.05, 0.1) is 17.1 Å². The minimum Gasteiger partial charge on any atom is -0.377 e. The molecule has 1 fully saturated rings. The Morgan fingerprint density at radius 1 is 1.37 bits per heavy atom. The second kappa shape index (κ2) is 8.22. The number of unbranched alkanes of at least 4 members (excludes halogenated alkanes) is 1. The van der Waals surface area contributed by atoms with Gasteiger partial charge in [0.25, 0.3) is 0 Å². The van der Waals surface area contributed by atoms with Gasteiger partial charge < -0.3 is 10.1 Å². The van der Waals surface area contributed by atoms with Crippen LogP contribution in [0.15, 0.2) is 0 Å². The molecule has 0 amide bonds. The molecule has 3 atom stereocenters. The maximum Gasteiger partial charge on any atom is 0.155 e. The minimum atomic E-state index is -2.97. The molecule has 4 nitrogen and oxygen atoms in total. The van der Waals surface area contributed by atoms with E-state index in [1.54, 1.807) is 0 Å². The van der Waals surface area contributed by atoms with Crippen molar-refractivity contribution in [3.8, 4) is 0 Å². The Kier molecular flexibility index (Phi) is 7.32. The van der Waals surface area contributed by atoms with Crippen molar-refractivity contribution >= 4 is 9.84 Å². The predicted octanol–water partition coefficient (Wildman–Crippen LogP) is 2.14. The van der Waals surface area contributed by atoms with E-state index in [1.807, 2.05) is 6.92 Å². The summed E-state index contributed by atoms with van der Waals surface area (Å²) in [6.07, 6.45) is 4.46. The van der Waals surface area contributed by atoms with Crippen LogP contribution in [0.1, 0.15) is 52.9 Å². The fourth-order valence-electron chi connectivity index (χ4n) is 2.58. The molecule has 1 heterocycles. The number of nitrogens with one attached hydrogen (secondary N) is 1. The normalized spacial score (nSPS) is 25.6. The summed E-state index contributed by atoms with van der Waals surface area (Å²) in [6, 6.07) is 0.483. The van der Waals surface area contributed by atoms with Gasteiger partial charge in [0.15, 0.2) is 9.84 Å². The van der Waals surface area contributed by atoms with Crippen LogP contribution in [0.4, 0.5) is 0 Å². The van der Waals surface area contributed by atoms with E-state index in [4.69, 9.17) is 4.74 Å². The molecular weight excluding hydrogens is 262 g/mol. The Labute approximate surface area is 118 Å². The van der Waals surface area contributed by atoms with Gasteiger partial charge in [-0.25, -0.2) is 8.42 Å². The van der Waals surface area contributed by atoms with Crippen LogP contribution in [-0.4, -0.2) is 44.7 Å². The highest BCUT2D eigenvalue weighted by Crippen LogP contribution is 2.22. The van der Waals surface area contributed by atoms with Crippen molar-refractivity contribution in [1.82, 2.24) is 5.32 Å². The molecule has 1 saturated heterocycles. The van der Waals surface area contributed by atoms with Crippen LogP contribution >= 0.6 is 0 Å². The maximum absolute atomic E-state index is 12.2. The van der Waals surface area contributed by atoms with Gasteiger partial charge in [-0.1, -0.05) is 13.3 Å². The third-order valence-corrected chi connectivity index (χ3v) is 6.23. The van der Waals surface area contributed by atoms with Gasteiger partial charge in [-0.3, -0.25) is 0 Å². The maximum atomic E-state index is 12.2. The van der Waals surface area contributed by atoms with E-state index in [1.165, 1.54) is 0 Å². The van der Waals surface area contributed by atoms with Crippen LogP contribution in [0.3, 0.4) is 0 Å². The Hall–Kier alpha value is -0.130. The van der Waals surface area contributed by atoms with Crippen molar-refractivity contribution in [2.75, 3.05) is 18.9 Å². The zero-order chi connectivity index (χ0) is 14.3. The van der Waals surface area contributed by atoms with Gasteiger partial charge in [0.2, 0.25) is 0 Å². The van der Waals surface area contributed by atoms with Crippen LogP contribution < -0.4 is 5.32 Å². The Balaban J connectivity index is 2.21. The molecular formula is C14H29NO3S. The first-order valence-corrected chi connectivity index (χ1v) is 9.25. The highest BCUT2D eigenvalue weighted by Gasteiger charge is 2.34. The van der Waals surface area contributed by atoms with Gasteiger partial charge in [0.1, 0.15) is 0 Å². The van der Waals surface area contributed by atoms with Crippen LogP contribution in [0.2, 0.25) is 0 Å². The Bertz CT molecular complexity index is 343. The summed E-state index contributed by atoms with van der Waals surface area (Å²) in [6.45, 7) is 7.81. The smallest absolute Gasteiger partial charge is 0.155 e. The monoisotopic (exact) mass is 291 g/mol. The van der Waals surface area contributed by atoms with Crippen LogP contribution in [0.25, 0.3) is 0 Å². The van der Waals surface area contributed by atoms with E-state index in [2.05, 4.69) is 19.2 Å². The summed E-state index contributed by atoms with van der Waals surface area (Å²) in [5.41, 5.74) is 0. The topological polar surface area (TPSA) is 55.4 Å². The first-order chi connectivity index (χ1) is 8.97. The summed E-state index contributed by atoms with van der Waals surface area (Å²) >= 11 is 0. The van der Waals surface area contributed by atoms with Gasteiger partial charge in [-0.05, 0) is 46.1 Å². The second-order valence-corrected chi connectivity index (χ2v) is 7.96. The van der Waals surface area contributed by atoms with Crippen molar-refractivity contribution in [2.24, 2.45) is 0 Å². The molecule has 3 unspecified atom stereocenters. The number of hydrogen-bond acceptors (Lipinski definition) is 4. The van der Waals surface area contributed by atoms with Gasteiger partial charge in [0, 0.05) is 12.6 Å². The molecule has 114 valence electrons. The third kappa shape index (κ3) is 5.79. The van der Waals surface area contributed by atoms with Gasteiger partial charge >= 0.3 is 0 Å². The lowest BCUT2D eigenvalue weighted by Gasteiger charge is -2.16. The number of hydrogen-bond donors (Lipinski definition) is 1. The average Bonchev–Trinajstić information content (AvgIpc) is 2.79. The Morgan fingerprint density at radius 2 is 2.11 bits per heavy atom. The number of sulfone groups is 1. The summed E-state index contributed by atoms with van der Waals surface area (Å²) in [5, 5.41) is 3.15. The fourth-order valence-corrected chi connectivity index (χ4v) is 4.61. The molecule has 19 heavy (non-hydrogen) atoms. The molecule has 1 rings (SSSR count). The zero-order valence-electron chi connectivity index (χ0n) is 12.5. The lowest BCUT2D eigenvalue weighted by molar-refractivity contribution is 0.126. The number of ether oxygens (including phenoxy) is 1. The SMILES string of the molecule is CCCNC(C)CCCCS(=O)(=O)C1CCOC1C. The van der Waals surface area contributed by atoms with Crippen molar-refractivity contribution in [1.29, 1.82) is 0 Å². The van der Waals surface area contributed by atoms with Crippen LogP contribution in [-0.2, 0) is 14.6 Å². The van der Waals surface area contributed by atoms with E-state index in [0.29, 0.717) is 24.8 Å². The fraction of sp³-hybridized carbons (Fsp3) is 1.00. The Morgan fingerprint density at radius 3 is 2.68 bits per heavy atom. The second-order valence-electron chi connectivity index (χ2n) is 5.62. The molecule has 0 aliphatic carbocycles. The van der Waals surface area contributed by atoms with Gasteiger partial charge in [-0.15, -0.1) is 0 Å². The van der Waals surface area contributed by atoms with E-state index >= 15 is 0 Å². The molecule has 0 bridgehead atoms. The average molecular weight is 291 g/mol. The standard InChI is InChI=1S/C14H29NO3S/c1-4-9-15-12(2)7-5-6-11-19(16,17)14-8-10-18-13(14)3/h12-15H,4-11H2,1-3H3. The van der Waals surface area contributed by atoms with E-state index in [0.717, 1.165) is 32.2 Å². The van der Waals surface area contributed by atoms with Crippen molar-refractivity contribution < 1.29 is 13.2 Å². The first-order valence-electron chi connectivity index (χ1n) is 7.54. The largest absolute Gasteiger partial charge is 0.377 e. The summed E-state index contributed by atoms with van der Waals surface area (Å²) < 4.78 is 29.7. The minimum absolute atomic E-state index is 0.129. The molecule has 5 heteroatoms. The van der Waals surface area contributed by atoms with E-state index in [9.17, 15) is 8.42 Å². The first kappa shape index (κ1) is 16.9. The summed E-state index contributed by atoms with van der Waals surface area (Å²) in [5.74, 6) is 0.311.